The number of rotatable bonds is 5. The molecule has 2 N–H and O–H groups in total. The number of aromatic nitrogens is 8. The van der Waals surface area contributed by atoms with E-state index in [9.17, 15) is 22.8 Å². The van der Waals surface area contributed by atoms with Crippen LogP contribution < -0.4 is 11.2 Å². The van der Waals surface area contributed by atoms with Crippen molar-refractivity contribution in [3.63, 3.8) is 0 Å². The monoisotopic (exact) mass is 508 g/mol. The Morgan fingerprint density at radius 3 is 2.68 bits per heavy atom. The highest BCUT2D eigenvalue weighted by molar-refractivity contribution is 5.80. The molecule has 5 aromatic rings. The summed E-state index contributed by atoms with van der Waals surface area (Å²) in [5.41, 5.74) is 2.49. The standard InChI is InChI=1S/C24H19F3N8O2/c25-24(26,27)10-35-21-12(19(33-35)11-1-2-11)3-4-17(30-21)14-7-13(14)15-8-18(32-34-6-5-28-20(15)34)16-9-29-23(37)31-22(16)36/h3-6,8-9,11,13-14H,1-2,7,10H2,(H2,29,31,36,37)/t13-,14-/m0/s1. The molecule has 188 valence electrons. The number of fused-ring (bicyclic) bond motifs is 2. The van der Waals surface area contributed by atoms with Crippen LogP contribution in [-0.2, 0) is 6.54 Å². The number of nitrogens with zero attached hydrogens (tertiary/aromatic N) is 6. The molecule has 0 saturated heterocycles. The normalized spacial score (nSPS) is 19.6. The predicted octanol–water partition coefficient (Wildman–Crippen LogP) is 3.23. The second kappa shape index (κ2) is 7.60. The number of hydrogen-bond acceptors (Lipinski definition) is 6. The second-order valence-corrected chi connectivity index (χ2v) is 9.65. The molecule has 0 bridgehead atoms. The molecule has 0 aromatic carbocycles. The van der Waals surface area contributed by atoms with Crippen molar-refractivity contribution in [2.75, 3.05) is 0 Å². The topological polar surface area (TPSA) is 127 Å². The van der Waals surface area contributed by atoms with Crippen LogP contribution in [0.15, 0.2) is 46.4 Å². The highest BCUT2D eigenvalue weighted by Crippen LogP contribution is 2.55. The molecule has 7 rings (SSSR count). The number of nitrogens with one attached hydrogen (secondary N) is 2. The van der Waals surface area contributed by atoms with Crippen LogP contribution in [-0.4, -0.2) is 45.5 Å². The lowest BCUT2D eigenvalue weighted by molar-refractivity contribution is -0.142. The molecular weight excluding hydrogens is 489 g/mol. The number of hydrogen-bond donors (Lipinski definition) is 2. The maximum atomic E-state index is 13.2. The predicted molar refractivity (Wildman–Crippen MR) is 125 cm³/mol. The maximum absolute atomic E-state index is 13.2. The van der Waals surface area contributed by atoms with Crippen LogP contribution in [0.1, 0.15) is 54.0 Å². The zero-order chi connectivity index (χ0) is 25.5. The average Bonchev–Trinajstić information content (AvgIpc) is 3.76. The van der Waals surface area contributed by atoms with E-state index in [0.717, 1.165) is 29.5 Å². The molecule has 2 aliphatic carbocycles. The molecule has 2 atom stereocenters. The van der Waals surface area contributed by atoms with Crippen LogP contribution in [0, 0.1) is 0 Å². The Morgan fingerprint density at radius 1 is 1.08 bits per heavy atom. The van der Waals surface area contributed by atoms with Crippen LogP contribution in [0.5, 0.6) is 0 Å². The van der Waals surface area contributed by atoms with Gasteiger partial charge in [-0.2, -0.15) is 23.4 Å². The van der Waals surface area contributed by atoms with Crippen molar-refractivity contribution in [2.45, 2.75) is 49.7 Å². The summed E-state index contributed by atoms with van der Waals surface area (Å²) in [7, 11) is 0. The fraction of sp³-hybridized carbons (Fsp3) is 0.333. The minimum atomic E-state index is -4.40. The summed E-state index contributed by atoms with van der Waals surface area (Å²) < 4.78 is 42.3. The van der Waals surface area contributed by atoms with Gasteiger partial charge in [-0.05, 0) is 43.4 Å². The summed E-state index contributed by atoms with van der Waals surface area (Å²) >= 11 is 0. The van der Waals surface area contributed by atoms with Gasteiger partial charge in [-0.3, -0.25) is 9.78 Å². The van der Waals surface area contributed by atoms with E-state index in [1.807, 2.05) is 12.1 Å². The van der Waals surface area contributed by atoms with Crippen molar-refractivity contribution in [1.29, 1.82) is 0 Å². The first-order valence-electron chi connectivity index (χ1n) is 11.9. The van der Waals surface area contributed by atoms with Gasteiger partial charge in [-0.15, -0.1) is 0 Å². The van der Waals surface area contributed by atoms with E-state index in [2.05, 4.69) is 30.1 Å². The molecule has 0 aliphatic heterocycles. The third-order valence-corrected chi connectivity index (χ3v) is 6.99. The van der Waals surface area contributed by atoms with Gasteiger partial charge < -0.3 is 4.98 Å². The van der Waals surface area contributed by atoms with E-state index >= 15 is 0 Å². The third-order valence-electron chi connectivity index (χ3n) is 6.99. The molecular formula is C24H19F3N8O2. The van der Waals surface area contributed by atoms with Crippen LogP contribution in [0.25, 0.3) is 27.9 Å². The van der Waals surface area contributed by atoms with Crippen LogP contribution >= 0.6 is 0 Å². The van der Waals surface area contributed by atoms with Crippen molar-refractivity contribution in [1.82, 2.24) is 39.3 Å². The van der Waals surface area contributed by atoms with E-state index in [4.69, 9.17) is 0 Å². The number of imidazole rings is 1. The van der Waals surface area contributed by atoms with Crippen molar-refractivity contribution < 1.29 is 13.2 Å². The van der Waals surface area contributed by atoms with Crippen molar-refractivity contribution in [3.8, 4) is 11.3 Å². The number of halogens is 3. The number of H-pyrrole nitrogens is 2. The minimum Gasteiger partial charge on any atom is -0.313 e. The molecule has 2 fully saturated rings. The molecule has 10 nitrogen and oxygen atoms in total. The van der Waals surface area contributed by atoms with Crippen LogP contribution in [0.3, 0.4) is 0 Å². The molecule has 0 radical (unpaired) electrons. The van der Waals surface area contributed by atoms with Crippen molar-refractivity contribution in [3.05, 3.63) is 74.6 Å². The molecule has 2 aliphatic rings. The lowest BCUT2D eigenvalue weighted by atomic mass is 10.1. The van der Waals surface area contributed by atoms with E-state index in [1.165, 1.54) is 6.20 Å². The summed E-state index contributed by atoms with van der Waals surface area (Å²) in [6, 6.07) is 5.48. The minimum absolute atomic E-state index is 0.0136. The van der Waals surface area contributed by atoms with Crippen LogP contribution in [0.2, 0.25) is 0 Å². The highest BCUT2D eigenvalue weighted by atomic mass is 19.4. The van der Waals surface area contributed by atoms with E-state index < -0.39 is 24.0 Å². The van der Waals surface area contributed by atoms with E-state index in [1.54, 1.807) is 23.0 Å². The summed E-state index contributed by atoms with van der Waals surface area (Å²) in [5.74, 6) is 0.145. The van der Waals surface area contributed by atoms with E-state index in [-0.39, 0.29) is 29.0 Å². The average molecular weight is 508 g/mol. The first kappa shape index (κ1) is 21.9. The first-order valence-corrected chi connectivity index (χ1v) is 11.9. The molecule has 0 unspecified atom stereocenters. The van der Waals surface area contributed by atoms with Crippen molar-refractivity contribution >= 4 is 16.7 Å². The molecule has 0 spiro atoms. The fourth-order valence-corrected chi connectivity index (χ4v) is 5.05. The van der Waals surface area contributed by atoms with Gasteiger partial charge in [-0.1, -0.05) is 0 Å². The summed E-state index contributed by atoms with van der Waals surface area (Å²) in [6.45, 7) is -1.18. The smallest absolute Gasteiger partial charge is 0.313 e. The summed E-state index contributed by atoms with van der Waals surface area (Å²) in [6.07, 6.45) is 2.74. The third kappa shape index (κ3) is 3.81. The molecule has 5 heterocycles. The Hall–Kier alpha value is -4.29. The van der Waals surface area contributed by atoms with Gasteiger partial charge in [0.15, 0.2) is 11.3 Å². The summed E-state index contributed by atoms with van der Waals surface area (Å²) in [5, 5.41) is 9.41. The van der Waals surface area contributed by atoms with Gasteiger partial charge in [0.2, 0.25) is 0 Å². The Bertz CT molecular complexity index is 1810. The number of aromatic amines is 2. The van der Waals surface area contributed by atoms with Crippen LogP contribution in [0.4, 0.5) is 13.2 Å². The Labute approximate surface area is 205 Å². The second-order valence-electron chi connectivity index (χ2n) is 9.65. The van der Waals surface area contributed by atoms with Gasteiger partial charge in [0, 0.05) is 47.1 Å². The highest BCUT2D eigenvalue weighted by Gasteiger charge is 2.43. The first-order chi connectivity index (χ1) is 17.7. The lowest BCUT2D eigenvalue weighted by Gasteiger charge is -2.08. The number of alkyl halides is 3. The van der Waals surface area contributed by atoms with E-state index in [0.29, 0.717) is 28.1 Å². The van der Waals surface area contributed by atoms with Crippen molar-refractivity contribution in [2.24, 2.45) is 0 Å². The molecule has 0 amide bonds. The molecule has 2 saturated carbocycles. The Balaban J connectivity index is 1.28. The quantitative estimate of drug-likeness (QED) is 0.375. The SMILES string of the molecule is O=c1[nH]cc(-c2cc([C@H]3C[C@@H]3c3ccc4c(C5CC5)nn(CC(F)(F)F)c4n3)c3nccn3n2)c(=O)[nH]1. The van der Waals surface area contributed by atoms with Gasteiger partial charge in [0.05, 0.1) is 17.0 Å². The lowest BCUT2D eigenvalue weighted by Crippen LogP contribution is -2.23. The zero-order valence-corrected chi connectivity index (χ0v) is 19.2. The molecule has 5 aromatic heterocycles. The molecule has 13 heteroatoms. The Kier molecular flexibility index (Phi) is 4.51. The number of pyridine rings is 1. The largest absolute Gasteiger partial charge is 0.408 e. The Morgan fingerprint density at radius 2 is 1.92 bits per heavy atom. The zero-order valence-electron chi connectivity index (χ0n) is 19.2. The maximum Gasteiger partial charge on any atom is 0.408 e. The fourth-order valence-electron chi connectivity index (χ4n) is 5.05. The summed E-state index contributed by atoms with van der Waals surface area (Å²) in [4.78, 5) is 37.5. The van der Waals surface area contributed by atoms with Gasteiger partial charge in [-0.25, -0.2) is 24.0 Å². The molecule has 37 heavy (non-hydrogen) atoms. The van der Waals surface area contributed by atoms with Gasteiger partial charge in [0.25, 0.3) is 5.56 Å². The van der Waals surface area contributed by atoms with Gasteiger partial charge >= 0.3 is 11.9 Å². The van der Waals surface area contributed by atoms with Gasteiger partial charge in [0.1, 0.15) is 6.54 Å².